The van der Waals surface area contributed by atoms with Gasteiger partial charge in [-0.05, 0) is 19.3 Å². The van der Waals surface area contributed by atoms with E-state index in [2.05, 4.69) is 25.4 Å². The van der Waals surface area contributed by atoms with Crippen LogP contribution in [0, 0.1) is 0 Å². The van der Waals surface area contributed by atoms with Crippen molar-refractivity contribution < 1.29 is 4.79 Å². The molecule has 1 fully saturated rings. The summed E-state index contributed by atoms with van der Waals surface area (Å²) >= 11 is 0. The highest BCUT2D eigenvalue weighted by Gasteiger charge is 2.17. The van der Waals surface area contributed by atoms with Gasteiger partial charge in [0.05, 0.1) is 6.54 Å². The number of likely N-dealkylation sites (tertiary alicyclic amines) is 1. The van der Waals surface area contributed by atoms with Gasteiger partial charge in [0.1, 0.15) is 12.2 Å². The molecule has 0 radical (unpaired) electrons. The second-order valence-corrected chi connectivity index (χ2v) is 5.00. The minimum Gasteiger partial charge on any atom is -0.355 e. The van der Waals surface area contributed by atoms with Crippen LogP contribution in [0.15, 0.2) is 6.33 Å². The lowest BCUT2D eigenvalue weighted by molar-refractivity contribution is -0.122. The number of piperidine rings is 1. The standard InChI is InChI=1S/C12H22N6O/c13-10-3-6-18(7-4-10)8-12(19)14-5-1-2-11-15-9-16-17-11/h9-10H,1-8,13H2,(H,14,19)(H,15,16,17). The number of aryl methyl sites for hydroxylation is 1. The van der Waals surface area contributed by atoms with Crippen molar-refractivity contribution in [2.75, 3.05) is 26.2 Å². The molecule has 0 bridgehead atoms. The zero-order valence-electron chi connectivity index (χ0n) is 11.1. The van der Waals surface area contributed by atoms with Crippen LogP contribution >= 0.6 is 0 Å². The van der Waals surface area contributed by atoms with Crippen LogP contribution in [0.1, 0.15) is 25.1 Å². The lowest BCUT2D eigenvalue weighted by Gasteiger charge is -2.29. The maximum Gasteiger partial charge on any atom is 0.234 e. The summed E-state index contributed by atoms with van der Waals surface area (Å²) in [6.07, 6.45) is 5.14. The van der Waals surface area contributed by atoms with Gasteiger partial charge in [-0.25, -0.2) is 4.98 Å². The zero-order valence-corrected chi connectivity index (χ0v) is 11.1. The summed E-state index contributed by atoms with van der Waals surface area (Å²) < 4.78 is 0. The molecule has 2 rings (SSSR count). The number of nitrogens with zero attached hydrogens (tertiary/aromatic N) is 3. The first-order valence-electron chi connectivity index (χ1n) is 6.83. The average Bonchev–Trinajstić information content (AvgIpc) is 2.91. The Morgan fingerprint density at radius 2 is 2.32 bits per heavy atom. The fraction of sp³-hybridized carbons (Fsp3) is 0.750. The maximum absolute atomic E-state index is 11.7. The third-order valence-electron chi connectivity index (χ3n) is 3.38. The Morgan fingerprint density at radius 1 is 1.53 bits per heavy atom. The quantitative estimate of drug-likeness (QED) is 0.590. The maximum atomic E-state index is 11.7. The summed E-state index contributed by atoms with van der Waals surface area (Å²) in [5.74, 6) is 0.951. The molecule has 1 aliphatic rings. The number of aromatic nitrogens is 3. The van der Waals surface area contributed by atoms with E-state index in [1.54, 1.807) is 0 Å². The summed E-state index contributed by atoms with van der Waals surface area (Å²) in [5, 5.41) is 9.51. The second kappa shape index (κ2) is 7.20. The molecule has 4 N–H and O–H groups in total. The Morgan fingerprint density at radius 3 is 3.00 bits per heavy atom. The third kappa shape index (κ3) is 4.96. The topological polar surface area (TPSA) is 99.9 Å². The van der Waals surface area contributed by atoms with E-state index < -0.39 is 0 Å². The smallest absolute Gasteiger partial charge is 0.234 e. The molecule has 7 nitrogen and oxygen atoms in total. The van der Waals surface area contributed by atoms with Crippen molar-refractivity contribution >= 4 is 5.91 Å². The molecule has 0 aromatic carbocycles. The number of amides is 1. The molecule has 1 aromatic rings. The van der Waals surface area contributed by atoms with Crippen LogP contribution in [0.5, 0.6) is 0 Å². The van der Waals surface area contributed by atoms with Crippen molar-refractivity contribution in [3.8, 4) is 0 Å². The summed E-state index contributed by atoms with van der Waals surface area (Å²) in [4.78, 5) is 17.9. The van der Waals surface area contributed by atoms with Gasteiger partial charge in [-0.15, -0.1) is 0 Å². The highest BCUT2D eigenvalue weighted by Crippen LogP contribution is 2.07. The van der Waals surface area contributed by atoms with E-state index in [9.17, 15) is 4.79 Å². The predicted octanol–water partition coefficient (Wildman–Crippen LogP) is -0.723. The molecule has 0 atom stereocenters. The summed E-state index contributed by atoms with van der Waals surface area (Å²) in [5.41, 5.74) is 5.83. The number of aromatic amines is 1. The minimum absolute atomic E-state index is 0.0908. The van der Waals surface area contributed by atoms with Gasteiger partial charge in [0, 0.05) is 32.1 Å². The van der Waals surface area contributed by atoms with E-state index in [0.717, 1.165) is 44.6 Å². The number of hydrogen-bond acceptors (Lipinski definition) is 5. The van der Waals surface area contributed by atoms with E-state index in [1.807, 2.05) is 0 Å². The first kappa shape index (κ1) is 14.0. The van der Waals surface area contributed by atoms with Crippen molar-refractivity contribution in [3.63, 3.8) is 0 Å². The van der Waals surface area contributed by atoms with Gasteiger partial charge in [-0.2, -0.15) is 5.10 Å². The van der Waals surface area contributed by atoms with E-state index in [-0.39, 0.29) is 5.91 Å². The second-order valence-electron chi connectivity index (χ2n) is 5.00. The molecule has 1 amide bonds. The number of nitrogens with one attached hydrogen (secondary N) is 2. The van der Waals surface area contributed by atoms with Gasteiger partial charge < -0.3 is 11.1 Å². The fourth-order valence-corrected chi connectivity index (χ4v) is 2.20. The number of carbonyl (C=O) groups excluding carboxylic acids is 1. The van der Waals surface area contributed by atoms with E-state index in [1.165, 1.54) is 6.33 Å². The van der Waals surface area contributed by atoms with Crippen LogP contribution in [0.2, 0.25) is 0 Å². The SMILES string of the molecule is NC1CCN(CC(=O)NCCCc2ncn[nH]2)CC1. The molecule has 0 unspecified atom stereocenters. The monoisotopic (exact) mass is 266 g/mol. The van der Waals surface area contributed by atoms with E-state index in [4.69, 9.17) is 5.73 Å². The van der Waals surface area contributed by atoms with Crippen molar-refractivity contribution in [2.24, 2.45) is 5.73 Å². The highest BCUT2D eigenvalue weighted by molar-refractivity contribution is 5.77. The number of nitrogens with two attached hydrogens (primary N) is 1. The minimum atomic E-state index is 0.0908. The molecule has 1 aliphatic heterocycles. The van der Waals surface area contributed by atoms with Gasteiger partial charge >= 0.3 is 0 Å². The first-order valence-corrected chi connectivity index (χ1v) is 6.83. The lowest BCUT2D eigenvalue weighted by Crippen LogP contribution is -2.44. The van der Waals surface area contributed by atoms with Gasteiger partial charge in [-0.1, -0.05) is 0 Å². The number of carbonyl (C=O) groups is 1. The summed E-state index contributed by atoms with van der Waals surface area (Å²) in [7, 11) is 0. The van der Waals surface area contributed by atoms with E-state index in [0.29, 0.717) is 19.1 Å². The third-order valence-corrected chi connectivity index (χ3v) is 3.38. The molecule has 19 heavy (non-hydrogen) atoms. The molecule has 1 saturated heterocycles. The van der Waals surface area contributed by atoms with Crippen molar-refractivity contribution in [1.82, 2.24) is 25.4 Å². The Balaban J connectivity index is 1.54. The zero-order chi connectivity index (χ0) is 13.5. The van der Waals surface area contributed by atoms with Crippen LogP contribution in [0.3, 0.4) is 0 Å². The summed E-state index contributed by atoms with van der Waals surface area (Å²) in [6.45, 7) is 3.00. The van der Waals surface area contributed by atoms with Gasteiger partial charge in [0.15, 0.2) is 0 Å². The highest BCUT2D eigenvalue weighted by atomic mass is 16.2. The van der Waals surface area contributed by atoms with Gasteiger partial charge in [0.2, 0.25) is 5.91 Å². The fourth-order valence-electron chi connectivity index (χ4n) is 2.20. The Labute approximate surface area is 113 Å². The number of H-pyrrole nitrogens is 1. The molecule has 106 valence electrons. The number of rotatable bonds is 6. The van der Waals surface area contributed by atoms with Crippen molar-refractivity contribution in [1.29, 1.82) is 0 Å². The lowest BCUT2D eigenvalue weighted by atomic mass is 10.1. The molecular formula is C12H22N6O. The van der Waals surface area contributed by atoms with Crippen LogP contribution in [-0.4, -0.2) is 58.2 Å². The molecule has 0 spiro atoms. The van der Waals surface area contributed by atoms with Crippen molar-refractivity contribution in [3.05, 3.63) is 12.2 Å². The number of hydrogen-bond donors (Lipinski definition) is 3. The van der Waals surface area contributed by atoms with Gasteiger partial charge in [-0.3, -0.25) is 14.8 Å². The first-order chi connectivity index (χ1) is 9.24. The van der Waals surface area contributed by atoms with Crippen molar-refractivity contribution in [2.45, 2.75) is 31.7 Å². The molecule has 0 saturated carbocycles. The molecule has 7 heteroatoms. The molecule has 0 aliphatic carbocycles. The predicted molar refractivity (Wildman–Crippen MR) is 71.4 cm³/mol. The average molecular weight is 266 g/mol. The van der Waals surface area contributed by atoms with Crippen LogP contribution < -0.4 is 11.1 Å². The molecular weight excluding hydrogens is 244 g/mol. The van der Waals surface area contributed by atoms with Crippen LogP contribution in [-0.2, 0) is 11.2 Å². The van der Waals surface area contributed by atoms with Crippen LogP contribution in [0.25, 0.3) is 0 Å². The van der Waals surface area contributed by atoms with Gasteiger partial charge in [0.25, 0.3) is 0 Å². The Hall–Kier alpha value is -1.47. The summed E-state index contributed by atoms with van der Waals surface area (Å²) in [6, 6.07) is 0.307. The van der Waals surface area contributed by atoms with E-state index >= 15 is 0 Å². The van der Waals surface area contributed by atoms with Crippen LogP contribution in [0.4, 0.5) is 0 Å². The Kier molecular flexibility index (Phi) is 5.29. The largest absolute Gasteiger partial charge is 0.355 e. The normalized spacial score (nSPS) is 17.5. The Bertz CT molecular complexity index is 372. The molecule has 2 heterocycles. The molecule has 1 aromatic heterocycles.